The molecular weight excluding hydrogens is 326 g/mol. The third kappa shape index (κ3) is 3.39. The summed E-state index contributed by atoms with van der Waals surface area (Å²) in [6.45, 7) is 1.15. The molecule has 5 heteroatoms. The monoisotopic (exact) mass is 347 g/mol. The van der Waals surface area contributed by atoms with Gasteiger partial charge in [-0.1, -0.05) is 42.5 Å². The van der Waals surface area contributed by atoms with Crippen molar-refractivity contribution in [2.24, 2.45) is 0 Å². The van der Waals surface area contributed by atoms with Gasteiger partial charge in [-0.15, -0.1) is 0 Å². The van der Waals surface area contributed by atoms with Crippen molar-refractivity contribution in [3.8, 4) is 11.5 Å². The molecule has 0 radical (unpaired) electrons. The Bertz CT molecular complexity index is 904. The SMILES string of the molecule is CN1Cc2ccccc2C[C@H]1C(=O)NCc1coc(-c2ccccc2)n1. The number of carbonyl (C=O) groups excluding carboxylic acids is 1. The topological polar surface area (TPSA) is 58.4 Å². The lowest BCUT2D eigenvalue weighted by Crippen LogP contribution is -2.48. The van der Waals surface area contributed by atoms with Crippen LogP contribution in [0.1, 0.15) is 16.8 Å². The van der Waals surface area contributed by atoms with E-state index in [4.69, 9.17) is 4.42 Å². The van der Waals surface area contributed by atoms with Crippen LogP contribution in [0.4, 0.5) is 0 Å². The van der Waals surface area contributed by atoms with Crippen LogP contribution in [0, 0.1) is 0 Å². The second kappa shape index (κ2) is 7.14. The molecule has 1 aliphatic rings. The molecule has 2 aromatic carbocycles. The minimum absolute atomic E-state index is 0.0197. The van der Waals surface area contributed by atoms with E-state index in [1.165, 1.54) is 11.1 Å². The molecule has 0 saturated heterocycles. The number of benzene rings is 2. The van der Waals surface area contributed by atoms with Crippen LogP contribution in [-0.2, 0) is 24.3 Å². The summed E-state index contributed by atoms with van der Waals surface area (Å²) in [5.41, 5.74) is 4.19. The van der Waals surface area contributed by atoms with Crippen LogP contribution in [0.3, 0.4) is 0 Å². The molecule has 0 bridgehead atoms. The number of nitrogens with zero attached hydrogens (tertiary/aromatic N) is 2. The summed E-state index contributed by atoms with van der Waals surface area (Å²) < 4.78 is 5.52. The Morgan fingerprint density at radius 1 is 1.15 bits per heavy atom. The molecular formula is C21H21N3O2. The van der Waals surface area contributed by atoms with Gasteiger partial charge in [0.05, 0.1) is 18.3 Å². The van der Waals surface area contributed by atoms with Crippen molar-refractivity contribution in [2.75, 3.05) is 7.05 Å². The van der Waals surface area contributed by atoms with Gasteiger partial charge in [0.2, 0.25) is 11.8 Å². The summed E-state index contributed by atoms with van der Waals surface area (Å²) >= 11 is 0. The fraction of sp³-hybridized carbons (Fsp3) is 0.238. The largest absolute Gasteiger partial charge is 0.444 e. The van der Waals surface area contributed by atoms with Crippen molar-refractivity contribution in [1.82, 2.24) is 15.2 Å². The molecule has 0 unspecified atom stereocenters. The first-order valence-corrected chi connectivity index (χ1v) is 8.75. The van der Waals surface area contributed by atoms with Crippen LogP contribution in [0.15, 0.2) is 65.3 Å². The van der Waals surface area contributed by atoms with Gasteiger partial charge in [-0.05, 0) is 36.7 Å². The number of likely N-dealkylation sites (N-methyl/N-ethyl adjacent to an activating group) is 1. The number of oxazole rings is 1. The Labute approximate surface area is 152 Å². The van der Waals surface area contributed by atoms with E-state index in [0.29, 0.717) is 12.4 Å². The van der Waals surface area contributed by atoms with Gasteiger partial charge < -0.3 is 9.73 Å². The third-order valence-electron chi connectivity index (χ3n) is 4.80. The summed E-state index contributed by atoms with van der Waals surface area (Å²) in [7, 11) is 1.99. The standard InChI is InChI=1S/C21H21N3O2/c1-24-13-17-10-6-5-9-16(17)11-19(24)20(25)22-12-18-14-26-21(23-18)15-7-3-2-4-8-15/h2-10,14,19H,11-13H2,1H3,(H,22,25)/t19-/m0/s1. The van der Waals surface area contributed by atoms with Crippen molar-refractivity contribution in [1.29, 1.82) is 0 Å². The molecule has 132 valence electrons. The first-order valence-electron chi connectivity index (χ1n) is 8.75. The Morgan fingerprint density at radius 2 is 1.88 bits per heavy atom. The van der Waals surface area contributed by atoms with Gasteiger partial charge in [0.15, 0.2) is 0 Å². The maximum absolute atomic E-state index is 12.7. The van der Waals surface area contributed by atoms with Crippen molar-refractivity contribution in [3.63, 3.8) is 0 Å². The van der Waals surface area contributed by atoms with Gasteiger partial charge in [-0.3, -0.25) is 9.69 Å². The molecule has 1 atom stereocenters. The minimum atomic E-state index is -0.162. The van der Waals surface area contributed by atoms with Crippen LogP contribution >= 0.6 is 0 Å². The Kier molecular flexibility index (Phi) is 4.54. The highest BCUT2D eigenvalue weighted by atomic mass is 16.3. The predicted octanol–water partition coefficient (Wildman–Crippen LogP) is 3.01. The van der Waals surface area contributed by atoms with Gasteiger partial charge in [-0.25, -0.2) is 4.98 Å². The molecule has 3 aromatic rings. The molecule has 5 nitrogen and oxygen atoms in total. The molecule has 1 N–H and O–H groups in total. The van der Waals surface area contributed by atoms with E-state index >= 15 is 0 Å². The van der Waals surface area contributed by atoms with Gasteiger partial charge in [-0.2, -0.15) is 0 Å². The molecule has 26 heavy (non-hydrogen) atoms. The second-order valence-corrected chi connectivity index (χ2v) is 6.63. The molecule has 0 aliphatic carbocycles. The first kappa shape index (κ1) is 16.5. The zero-order valence-electron chi connectivity index (χ0n) is 14.7. The van der Waals surface area contributed by atoms with E-state index in [-0.39, 0.29) is 11.9 Å². The van der Waals surface area contributed by atoms with Crippen LogP contribution in [0.2, 0.25) is 0 Å². The fourth-order valence-electron chi connectivity index (χ4n) is 3.34. The highest BCUT2D eigenvalue weighted by Gasteiger charge is 2.28. The van der Waals surface area contributed by atoms with Gasteiger partial charge in [0.25, 0.3) is 0 Å². The first-order chi connectivity index (χ1) is 12.7. The maximum atomic E-state index is 12.7. The van der Waals surface area contributed by atoms with E-state index in [0.717, 1.165) is 24.2 Å². The molecule has 1 aromatic heterocycles. The number of aromatic nitrogens is 1. The Hall–Kier alpha value is -2.92. The zero-order chi connectivity index (χ0) is 17.9. The summed E-state index contributed by atoms with van der Waals surface area (Å²) in [5, 5.41) is 2.99. The Morgan fingerprint density at radius 3 is 2.69 bits per heavy atom. The van der Waals surface area contributed by atoms with E-state index < -0.39 is 0 Å². The minimum Gasteiger partial charge on any atom is -0.444 e. The van der Waals surface area contributed by atoms with Crippen molar-refractivity contribution < 1.29 is 9.21 Å². The van der Waals surface area contributed by atoms with Crippen LogP contribution < -0.4 is 5.32 Å². The van der Waals surface area contributed by atoms with E-state index in [9.17, 15) is 4.79 Å². The molecule has 0 fully saturated rings. The van der Waals surface area contributed by atoms with Crippen LogP contribution in [0.25, 0.3) is 11.5 Å². The van der Waals surface area contributed by atoms with Crippen molar-refractivity contribution >= 4 is 5.91 Å². The van der Waals surface area contributed by atoms with E-state index in [1.807, 2.05) is 49.5 Å². The fourth-order valence-corrected chi connectivity index (χ4v) is 3.34. The molecule has 1 aliphatic heterocycles. The van der Waals surface area contributed by atoms with Crippen molar-refractivity contribution in [3.05, 3.63) is 77.7 Å². The quantitative estimate of drug-likeness (QED) is 0.788. The highest BCUT2D eigenvalue weighted by Crippen LogP contribution is 2.22. The lowest BCUT2D eigenvalue weighted by atomic mass is 9.94. The average molecular weight is 347 g/mol. The number of hydrogen-bond donors (Lipinski definition) is 1. The highest BCUT2D eigenvalue weighted by molar-refractivity contribution is 5.82. The summed E-state index contributed by atoms with van der Waals surface area (Å²) in [5.74, 6) is 0.588. The Balaban J connectivity index is 1.39. The van der Waals surface area contributed by atoms with Gasteiger partial charge >= 0.3 is 0 Å². The number of rotatable bonds is 4. The smallest absolute Gasteiger partial charge is 0.238 e. The molecule has 0 saturated carbocycles. The van der Waals surface area contributed by atoms with E-state index in [2.05, 4.69) is 27.3 Å². The molecule has 1 amide bonds. The third-order valence-corrected chi connectivity index (χ3v) is 4.80. The summed E-state index contributed by atoms with van der Waals surface area (Å²) in [6, 6.07) is 17.9. The molecule has 4 rings (SSSR count). The van der Waals surface area contributed by atoms with E-state index in [1.54, 1.807) is 6.26 Å². The van der Waals surface area contributed by atoms with Crippen LogP contribution in [-0.4, -0.2) is 28.9 Å². The lowest BCUT2D eigenvalue weighted by molar-refractivity contribution is -0.126. The number of carbonyl (C=O) groups is 1. The van der Waals surface area contributed by atoms with Crippen LogP contribution in [0.5, 0.6) is 0 Å². The van der Waals surface area contributed by atoms with Crippen molar-refractivity contribution in [2.45, 2.75) is 25.6 Å². The molecule has 2 heterocycles. The number of fused-ring (bicyclic) bond motifs is 1. The maximum Gasteiger partial charge on any atom is 0.238 e. The molecule has 0 spiro atoms. The summed E-state index contributed by atoms with van der Waals surface area (Å²) in [4.78, 5) is 19.2. The zero-order valence-corrected chi connectivity index (χ0v) is 14.7. The predicted molar refractivity (Wildman–Crippen MR) is 99.2 cm³/mol. The number of amides is 1. The number of nitrogens with one attached hydrogen (secondary N) is 1. The number of hydrogen-bond acceptors (Lipinski definition) is 4. The normalized spacial score (nSPS) is 16.9. The van der Waals surface area contributed by atoms with Gasteiger partial charge in [0.1, 0.15) is 6.26 Å². The second-order valence-electron chi connectivity index (χ2n) is 6.63. The average Bonchev–Trinajstić information content (AvgIpc) is 3.15. The lowest BCUT2D eigenvalue weighted by Gasteiger charge is -2.32. The van der Waals surface area contributed by atoms with Gasteiger partial charge in [0, 0.05) is 12.1 Å². The summed E-state index contributed by atoms with van der Waals surface area (Å²) in [6.07, 6.45) is 2.33.